The van der Waals surface area contributed by atoms with Gasteiger partial charge in [0.25, 0.3) is 11.7 Å². The van der Waals surface area contributed by atoms with Crippen LogP contribution in [0, 0.1) is 13.8 Å². The zero-order valence-corrected chi connectivity index (χ0v) is 17.1. The first-order valence-electron chi connectivity index (χ1n) is 10.0. The molecule has 0 bridgehead atoms. The van der Waals surface area contributed by atoms with Crippen molar-refractivity contribution in [3.05, 3.63) is 83.8 Å². The third kappa shape index (κ3) is 3.76. The van der Waals surface area contributed by atoms with Gasteiger partial charge in [-0.3, -0.25) is 9.59 Å². The van der Waals surface area contributed by atoms with Crippen LogP contribution in [0.25, 0.3) is 16.6 Å². The number of hydrogen-bond donors (Lipinski definition) is 1. The van der Waals surface area contributed by atoms with E-state index in [1.54, 1.807) is 11.6 Å². The lowest BCUT2D eigenvalue weighted by atomic mass is 10.1. The number of amides is 1. The molecule has 0 saturated heterocycles. The Labute approximate surface area is 175 Å². The monoisotopic (exact) mass is 400 g/mol. The van der Waals surface area contributed by atoms with Gasteiger partial charge in [0.15, 0.2) is 0 Å². The predicted octanol–water partition coefficient (Wildman–Crippen LogP) is 3.83. The summed E-state index contributed by atoms with van der Waals surface area (Å²) in [7, 11) is 0. The molecule has 6 nitrogen and oxygen atoms in total. The average molecular weight is 400 g/mol. The van der Waals surface area contributed by atoms with E-state index in [2.05, 4.69) is 33.2 Å². The fourth-order valence-electron chi connectivity index (χ4n) is 3.77. The highest BCUT2D eigenvalue weighted by atomic mass is 16.2. The number of rotatable bonds is 7. The smallest absolute Gasteiger partial charge is 0.292 e. The molecule has 0 aliphatic heterocycles. The third-order valence-electron chi connectivity index (χ3n) is 5.27. The summed E-state index contributed by atoms with van der Waals surface area (Å²) in [5.74, 6) is -1.13. The molecule has 4 aromatic rings. The highest BCUT2D eigenvalue weighted by Crippen LogP contribution is 2.18. The molecule has 0 aliphatic rings. The normalized spacial score (nSPS) is 11.0. The second kappa shape index (κ2) is 8.37. The van der Waals surface area contributed by atoms with Gasteiger partial charge in [0.05, 0.1) is 22.6 Å². The van der Waals surface area contributed by atoms with Gasteiger partial charge < -0.3 is 9.88 Å². The molecule has 30 heavy (non-hydrogen) atoms. The van der Waals surface area contributed by atoms with Crippen LogP contribution in [0.15, 0.2) is 66.9 Å². The molecular formula is C24H24N4O2. The maximum atomic E-state index is 12.8. The van der Waals surface area contributed by atoms with Crippen LogP contribution in [0.4, 0.5) is 0 Å². The van der Waals surface area contributed by atoms with Crippen LogP contribution in [-0.2, 0) is 11.3 Å². The standard InChI is InChI=1S/C24H24N4O2/c1-17-22(18(2)28(26-17)20-10-4-3-5-11-20)23(29)24(30)25-14-8-15-27-16-13-19-9-6-7-12-21(19)27/h3-7,9-13,16H,8,14-15H2,1-2H3,(H,25,30). The zero-order chi connectivity index (χ0) is 21.1. The molecule has 0 fully saturated rings. The molecule has 0 atom stereocenters. The number of carbonyl (C=O) groups is 2. The van der Waals surface area contributed by atoms with Gasteiger partial charge in [-0.25, -0.2) is 4.68 Å². The van der Waals surface area contributed by atoms with Crippen molar-refractivity contribution in [3.63, 3.8) is 0 Å². The summed E-state index contributed by atoms with van der Waals surface area (Å²) < 4.78 is 3.86. The van der Waals surface area contributed by atoms with Crippen molar-refractivity contribution in [2.24, 2.45) is 0 Å². The average Bonchev–Trinajstić information content (AvgIpc) is 3.31. The number of aromatic nitrogens is 3. The molecule has 2 aromatic heterocycles. The maximum Gasteiger partial charge on any atom is 0.292 e. The van der Waals surface area contributed by atoms with Crippen molar-refractivity contribution in [3.8, 4) is 5.69 Å². The summed E-state index contributed by atoms with van der Waals surface area (Å²) in [5.41, 5.74) is 3.61. The van der Waals surface area contributed by atoms with E-state index in [0.717, 1.165) is 18.7 Å². The van der Waals surface area contributed by atoms with E-state index >= 15 is 0 Å². The Balaban J connectivity index is 1.38. The van der Waals surface area contributed by atoms with Gasteiger partial charge in [0.2, 0.25) is 0 Å². The number of benzene rings is 2. The largest absolute Gasteiger partial charge is 0.349 e. The second-order valence-corrected chi connectivity index (χ2v) is 7.30. The summed E-state index contributed by atoms with van der Waals surface area (Å²) in [6, 6.07) is 19.8. The molecule has 2 aromatic carbocycles. The Morgan fingerprint density at radius 2 is 1.70 bits per heavy atom. The molecule has 1 amide bonds. The van der Waals surface area contributed by atoms with Gasteiger partial charge in [-0.05, 0) is 49.9 Å². The Morgan fingerprint density at radius 1 is 0.967 bits per heavy atom. The molecule has 0 saturated carbocycles. The third-order valence-corrected chi connectivity index (χ3v) is 5.27. The van der Waals surface area contributed by atoms with E-state index in [0.29, 0.717) is 23.5 Å². The number of aryl methyl sites for hydroxylation is 2. The van der Waals surface area contributed by atoms with Crippen molar-refractivity contribution >= 4 is 22.6 Å². The summed E-state index contributed by atoms with van der Waals surface area (Å²) in [4.78, 5) is 25.2. The SMILES string of the molecule is Cc1nn(-c2ccccc2)c(C)c1C(=O)C(=O)NCCCn1ccc2ccccc21. The van der Waals surface area contributed by atoms with Crippen molar-refractivity contribution in [1.82, 2.24) is 19.7 Å². The van der Waals surface area contributed by atoms with Crippen LogP contribution in [0.2, 0.25) is 0 Å². The highest BCUT2D eigenvalue weighted by molar-refractivity contribution is 6.43. The maximum absolute atomic E-state index is 12.8. The van der Waals surface area contributed by atoms with Gasteiger partial charge in [-0.15, -0.1) is 0 Å². The summed E-state index contributed by atoms with van der Waals surface area (Å²) in [6.07, 6.45) is 2.78. The fourth-order valence-corrected chi connectivity index (χ4v) is 3.77. The first kappa shape index (κ1) is 19.6. The van der Waals surface area contributed by atoms with E-state index in [1.807, 2.05) is 55.6 Å². The number of carbonyl (C=O) groups excluding carboxylic acids is 2. The van der Waals surface area contributed by atoms with Crippen LogP contribution < -0.4 is 5.32 Å². The van der Waals surface area contributed by atoms with Crippen molar-refractivity contribution in [2.75, 3.05) is 6.54 Å². The fraction of sp³-hybridized carbons (Fsp3) is 0.208. The van der Waals surface area contributed by atoms with E-state index in [-0.39, 0.29) is 0 Å². The van der Waals surface area contributed by atoms with Gasteiger partial charge in [0.1, 0.15) is 0 Å². The predicted molar refractivity (Wildman–Crippen MR) is 117 cm³/mol. The lowest BCUT2D eigenvalue weighted by molar-refractivity contribution is -0.117. The first-order valence-corrected chi connectivity index (χ1v) is 10.0. The summed E-state index contributed by atoms with van der Waals surface area (Å²) in [6.45, 7) is 4.77. The molecule has 152 valence electrons. The molecule has 4 rings (SSSR count). The van der Waals surface area contributed by atoms with E-state index < -0.39 is 11.7 Å². The summed E-state index contributed by atoms with van der Waals surface area (Å²) >= 11 is 0. The Kier molecular flexibility index (Phi) is 5.48. The van der Waals surface area contributed by atoms with Crippen LogP contribution in [-0.4, -0.2) is 32.6 Å². The Morgan fingerprint density at radius 3 is 2.50 bits per heavy atom. The molecular weight excluding hydrogens is 376 g/mol. The van der Waals surface area contributed by atoms with Gasteiger partial charge >= 0.3 is 0 Å². The van der Waals surface area contributed by atoms with E-state index in [1.165, 1.54) is 10.9 Å². The topological polar surface area (TPSA) is 68.9 Å². The quantitative estimate of drug-likeness (QED) is 0.291. The lowest BCUT2D eigenvalue weighted by Crippen LogP contribution is -2.32. The Bertz CT molecular complexity index is 1200. The number of hydrogen-bond acceptors (Lipinski definition) is 3. The van der Waals surface area contributed by atoms with E-state index in [9.17, 15) is 9.59 Å². The number of nitrogens with one attached hydrogen (secondary N) is 1. The number of Topliss-reactive ketones (excluding diaryl/α,β-unsaturated/α-hetero) is 1. The van der Waals surface area contributed by atoms with Crippen LogP contribution in [0.3, 0.4) is 0 Å². The molecule has 0 unspecified atom stereocenters. The number of fused-ring (bicyclic) bond motifs is 1. The minimum absolute atomic E-state index is 0.368. The van der Waals surface area contributed by atoms with E-state index in [4.69, 9.17) is 0 Å². The molecule has 0 aliphatic carbocycles. The molecule has 1 N–H and O–H groups in total. The van der Waals surface area contributed by atoms with Gasteiger partial charge in [-0.1, -0.05) is 36.4 Å². The number of nitrogens with zero attached hydrogens (tertiary/aromatic N) is 3. The Hall–Kier alpha value is -3.67. The summed E-state index contributed by atoms with van der Waals surface area (Å²) in [5, 5.41) is 8.40. The minimum atomic E-state index is -0.592. The minimum Gasteiger partial charge on any atom is -0.349 e. The van der Waals surface area contributed by atoms with Crippen molar-refractivity contribution in [2.45, 2.75) is 26.8 Å². The van der Waals surface area contributed by atoms with Crippen molar-refractivity contribution in [1.29, 1.82) is 0 Å². The van der Waals surface area contributed by atoms with Gasteiger partial charge in [0, 0.05) is 24.8 Å². The van der Waals surface area contributed by atoms with Gasteiger partial charge in [-0.2, -0.15) is 5.10 Å². The zero-order valence-electron chi connectivity index (χ0n) is 17.1. The molecule has 2 heterocycles. The van der Waals surface area contributed by atoms with Crippen molar-refractivity contribution < 1.29 is 9.59 Å². The molecule has 6 heteroatoms. The lowest BCUT2D eigenvalue weighted by Gasteiger charge is -2.08. The first-order chi connectivity index (χ1) is 14.6. The molecule has 0 radical (unpaired) electrons. The number of para-hydroxylation sites is 2. The van der Waals surface area contributed by atoms with Crippen LogP contribution in [0.1, 0.15) is 28.2 Å². The second-order valence-electron chi connectivity index (χ2n) is 7.30. The highest BCUT2D eigenvalue weighted by Gasteiger charge is 2.24. The number of ketones is 1. The molecule has 0 spiro atoms. The van der Waals surface area contributed by atoms with Crippen LogP contribution >= 0.6 is 0 Å². The van der Waals surface area contributed by atoms with Crippen LogP contribution in [0.5, 0.6) is 0 Å².